The molecule has 0 bridgehead atoms. The Balaban J connectivity index is 1.46. The van der Waals surface area contributed by atoms with Gasteiger partial charge in [-0.1, -0.05) is 11.6 Å². The van der Waals surface area contributed by atoms with E-state index < -0.39 is 9.85 Å². The molecule has 0 N–H and O–H groups in total. The van der Waals surface area contributed by atoms with E-state index in [1.54, 1.807) is 23.1 Å². The number of nitrogens with zero attached hydrogens (tertiary/aromatic N) is 5. The van der Waals surface area contributed by atoms with E-state index in [0.717, 1.165) is 25.9 Å². The maximum absolute atomic E-state index is 13.0. The maximum Gasteiger partial charge on any atom is 0.293 e. The lowest BCUT2D eigenvalue weighted by Gasteiger charge is -2.36. The van der Waals surface area contributed by atoms with Gasteiger partial charge in [0.05, 0.1) is 20.6 Å². The number of non-ortho nitro benzene ring substituents is 1. The molecule has 0 unspecified atom stereocenters. The summed E-state index contributed by atoms with van der Waals surface area (Å²) in [6.07, 6.45) is 2.00. The van der Waals surface area contributed by atoms with E-state index in [1.165, 1.54) is 18.2 Å². The molecule has 10 nitrogen and oxygen atoms in total. The van der Waals surface area contributed by atoms with Gasteiger partial charge in [0.15, 0.2) is 0 Å². The molecule has 2 aromatic carbocycles. The zero-order valence-corrected chi connectivity index (χ0v) is 18.0. The van der Waals surface area contributed by atoms with Crippen LogP contribution in [0, 0.1) is 20.2 Å². The first-order valence-electron chi connectivity index (χ1n) is 10.4. The van der Waals surface area contributed by atoms with Crippen LogP contribution in [0.5, 0.6) is 0 Å². The first-order valence-corrected chi connectivity index (χ1v) is 10.7. The van der Waals surface area contributed by atoms with Crippen molar-refractivity contribution in [3.05, 3.63) is 67.2 Å². The molecule has 0 aliphatic carbocycles. The van der Waals surface area contributed by atoms with Crippen LogP contribution in [0.3, 0.4) is 0 Å². The van der Waals surface area contributed by atoms with Crippen molar-refractivity contribution in [3.8, 4) is 0 Å². The van der Waals surface area contributed by atoms with Gasteiger partial charge in [0, 0.05) is 63.0 Å². The van der Waals surface area contributed by atoms with Crippen LogP contribution in [-0.4, -0.2) is 59.9 Å². The Kier molecular flexibility index (Phi) is 6.13. The number of nitro groups is 2. The molecule has 2 heterocycles. The number of carbonyl (C=O) groups is 1. The van der Waals surface area contributed by atoms with E-state index in [9.17, 15) is 25.0 Å². The van der Waals surface area contributed by atoms with Crippen LogP contribution in [0.2, 0.25) is 5.02 Å². The molecule has 32 heavy (non-hydrogen) atoms. The fourth-order valence-electron chi connectivity index (χ4n) is 4.23. The summed E-state index contributed by atoms with van der Waals surface area (Å²) in [7, 11) is 0. The van der Waals surface area contributed by atoms with Crippen LogP contribution in [0.4, 0.5) is 22.7 Å². The van der Waals surface area contributed by atoms with Gasteiger partial charge in [0.1, 0.15) is 5.69 Å². The average Bonchev–Trinajstić information content (AvgIpc) is 3.33. The number of halogens is 1. The summed E-state index contributed by atoms with van der Waals surface area (Å²) < 4.78 is 0. The van der Waals surface area contributed by atoms with Gasteiger partial charge in [0.25, 0.3) is 17.3 Å². The highest BCUT2D eigenvalue weighted by atomic mass is 35.5. The van der Waals surface area contributed by atoms with Crippen LogP contribution in [0.15, 0.2) is 36.4 Å². The van der Waals surface area contributed by atoms with Crippen molar-refractivity contribution in [2.45, 2.75) is 12.8 Å². The smallest absolute Gasteiger partial charge is 0.293 e. The molecule has 2 saturated heterocycles. The van der Waals surface area contributed by atoms with E-state index in [0.29, 0.717) is 43.1 Å². The van der Waals surface area contributed by atoms with Crippen molar-refractivity contribution in [2.75, 3.05) is 49.1 Å². The van der Waals surface area contributed by atoms with Crippen molar-refractivity contribution in [1.82, 2.24) is 4.90 Å². The molecule has 0 radical (unpaired) electrons. The normalized spacial score (nSPS) is 16.3. The Labute approximate surface area is 189 Å². The Bertz CT molecular complexity index is 1060. The molecule has 168 valence electrons. The molecule has 4 rings (SSSR count). The molecule has 0 saturated carbocycles. The maximum atomic E-state index is 13.0. The zero-order chi connectivity index (χ0) is 22.8. The third-order valence-corrected chi connectivity index (χ3v) is 6.22. The molecule has 0 atom stereocenters. The number of hydrogen-bond donors (Lipinski definition) is 0. The van der Waals surface area contributed by atoms with Gasteiger partial charge in [-0.2, -0.15) is 0 Å². The summed E-state index contributed by atoms with van der Waals surface area (Å²) in [5, 5.41) is 22.8. The Morgan fingerprint density at radius 1 is 0.812 bits per heavy atom. The first kappa shape index (κ1) is 21.8. The van der Waals surface area contributed by atoms with E-state index >= 15 is 0 Å². The minimum atomic E-state index is -0.500. The Morgan fingerprint density at radius 2 is 1.44 bits per heavy atom. The Hall–Kier alpha value is -3.40. The molecular formula is C21H22ClN5O5. The third-order valence-electron chi connectivity index (χ3n) is 5.92. The average molecular weight is 460 g/mol. The number of piperazine rings is 1. The highest BCUT2D eigenvalue weighted by Crippen LogP contribution is 2.33. The van der Waals surface area contributed by atoms with Crippen molar-refractivity contribution in [3.63, 3.8) is 0 Å². The van der Waals surface area contributed by atoms with Crippen LogP contribution in [0.1, 0.15) is 23.2 Å². The van der Waals surface area contributed by atoms with Crippen molar-refractivity contribution in [1.29, 1.82) is 0 Å². The number of rotatable bonds is 5. The number of amides is 1. The fourth-order valence-corrected chi connectivity index (χ4v) is 4.52. The second-order valence-corrected chi connectivity index (χ2v) is 8.23. The Morgan fingerprint density at radius 3 is 2.03 bits per heavy atom. The van der Waals surface area contributed by atoms with Crippen molar-refractivity contribution >= 4 is 40.3 Å². The van der Waals surface area contributed by atoms with E-state index in [2.05, 4.69) is 0 Å². The van der Waals surface area contributed by atoms with E-state index in [4.69, 9.17) is 11.6 Å². The molecule has 2 aromatic rings. The lowest BCUT2D eigenvalue weighted by atomic mass is 10.1. The topological polar surface area (TPSA) is 113 Å². The number of benzene rings is 2. The number of anilines is 2. The lowest BCUT2D eigenvalue weighted by Crippen LogP contribution is -2.48. The minimum Gasteiger partial charge on any atom is -0.367 e. The van der Waals surface area contributed by atoms with Gasteiger partial charge < -0.3 is 14.7 Å². The molecular weight excluding hydrogens is 438 g/mol. The highest BCUT2D eigenvalue weighted by Gasteiger charge is 2.28. The predicted molar refractivity (Wildman–Crippen MR) is 121 cm³/mol. The fraction of sp³-hybridized carbons (Fsp3) is 0.381. The molecule has 2 aliphatic heterocycles. The summed E-state index contributed by atoms with van der Waals surface area (Å²) in [4.78, 5) is 40.2. The van der Waals surface area contributed by atoms with Crippen molar-refractivity contribution < 1.29 is 14.6 Å². The van der Waals surface area contributed by atoms with Crippen molar-refractivity contribution in [2.24, 2.45) is 0 Å². The molecule has 0 aromatic heterocycles. The van der Waals surface area contributed by atoms with Crippen LogP contribution < -0.4 is 9.80 Å². The standard InChI is InChI=1S/C21H22ClN5O5/c22-17-14-16(26(29)30)4-6-18(17)24-9-11-25(12-10-24)21(28)15-3-5-19(20(13-15)27(31)32)23-7-1-2-8-23/h3-6,13-14H,1-2,7-12H2. The first-order chi connectivity index (χ1) is 15.3. The number of hydrogen-bond acceptors (Lipinski definition) is 7. The van der Waals surface area contributed by atoms with E-state index in [-0.39, 0.29) is 22.3 Å². The summed E-state index contributed by atoms with van der Waals surface area (Å²) in [6, 6.07) is 9.02. The van der Waals surface area contributed by atoms with Gasteiger partial charge in [-0.3, -0.25) is 25.0 Å². The minimum absolute atomic E-state index is 0.0472. The van der Waals surface area contributed by atoms with Gasteiger partial charge in [-0.05, 0) is 31.0 Å². The predicted octanol–water partition coefficient (Wildman–Crippen LogP) is 3.72. The second kappa shape index (κ2) is 8.99. The second-order valence-electron chi connectivity index (χ2n) is 7.83. The lowest BCUT2D eigenvalue weighted by molar-refractivity contribution is -0.384. The molecule has 2 fully saturated rings. The quantitative estimate of drug-likeness (QED) is 0.494. The summed E-state index contributed by atoms with van der Waals surface area (Å²) in [5.41, 5.74) is 1.40. The van der Waals surface area contributed by atoms with E-state index in [1.807, 2.05) is 9.80 Å². The van der Waals surface area contributed by atoms with Crippen LogP contribution in [-0.2, 0) is 0 Å². The largest absolute Gasteiger partial charge is 0.367 e. The van der Waals surface area contributed by atoms with Crippen LogP contribution in [0.25, 0.3) is 0 Å². The molecule has 0 spiro atoms. The SMILES string of the molecule is O=C(c1ccc(N2CCCC2)c([N+](=O)[O-])c1)N1CCN(c2ccc([N+](=O)[O-])cc2Cl)CC1. The molecule has 1 amide bonds. The molecule has 2 aliphatic rings. The summed E-state index contributed by atoms with van der Waals surface area (Å²) >= 11 is 6.22. The summed E-state index contributed by atoms with van der Waals surface area (Å²) in [6.45, 7) is 3.37. The summed E-state index contributed by atoms with van der Waals surface area (Å²) in [5.74, 6) is -0.254. The third kappa shape index (κ3) is 4.31. The highest BCUT2D eigenvalue weighted by molar-refractivity contribution is 6.33. The van der Waals surface area contributed by atoms with Gasteiger partial charge in [-0.15, -0.1) is 0 Å². The van der Waals surface area contributed by atoms with Gasteiger partial charge >= 0.3 is 0 Å². The number of carbonyl (C=O) groups excluding carboxylic acids is 1. The van der Waals surface area contributed by atoms with Gasteiger partial charge in [0.2, 0.25) is 0 Å². The zero-order valence-electron chi connectivity index (χ0n) is 17.3. The van der Waals surface area contributed by atoms with Crippen LogP contribution >= 0.6 is 11.6 Å². The molecule has 11 heteroatoms. The monoisotopic (exact) mass is 459 g/mol. The number of nitro benzene ring substituents is 2. The van der Waals surface area contributed by atoms with Gasteiger partial charge in [-0.25, -0.2) is 0 Å².